The standard InChI is InChI=1S/C8H7NO2/c1-5-3-2-4-6-7(5)9-8(10)11-6/h2-5H,1H3. The topological polar surface area (TPSA) is 38.7 Å². The van der Waals surface area contributed by atoms with E-state index in [-0.39, 0.29) is 5.92 Å². The van der Waals surface area contributed by atoms with Crippen LogP contribution in [0.5, 0.6) is 0 Å². The molecule has 2 aliphatic rings. The Labute approximate surface area is 64.1 Å². The lowest BCUT2D eigenvalue weighted by molar-refractivity contribution is 0.197. The number of aliphatic imine (C=N–C) groups is 1. The summed E-state index contributed by atoms with van der Waals surface area (Å²) in [7, 11) is 0. The van der Waals surface area contributed by atoms with E-state index in [1.54, 1.807) is 6.08 Å². The van der Waals surface area contributed by atoms with E-state index in [1.807, 2.05) is 19.1 Å². The predicted octanol–water partition coefficient (Wildman–Crippen LogP) is 1.67. The summed E-state index contributed by atoms with van der Waals surface area (Å²) in [5, 5.41) is 0. The van der Waals surface area contributed by atoms with E-state index in [1.165, 1.54) is 0 Å². The lowest BCUT2D eigenvalue weighted by atomic mass is 10.00. The van der Waals surface area contributed by atoms with E-state index < -0.39 is 6.09 Å². The van der Waals surface area contributed by atoms with Crippen molar-refractivity contribution < 1.29 is 9.53 Å². The molecule has 0 bridgehead atoms. The van der Waals surface area contributed by atoms with Crippen LogP contribution in [0.25, 0.3) is 0 Å². The van der Waals surface area contributed by atoms with Gasteiger partial charge in [-0.25, -0.2) is 4.79 Å². The Balaban J connectivity index is 2.43. The maximum absolute atomic E-state index is 10.7. The molecule has 0 radical (unpaired) electrons. The molecule has 3 heteroatoms. The lowest BCUT2D eigenvalue weighted by Crippen LogP contribution is -2.11. The SMILES string of the molecule is CC1C=CC=C2OC(=O)N=C21. The van der Waals surface area contributed by atoms with Gasteiger partial charge in [0.05, 0.1) is 5.71 Å². The second-order valence-corrected chi connectivity index (χ2v) is 2.57. The number of nitrogens with zero attached hydrogens (tertiary/aromatic N) is 1. The van der Waals surface area contributed by atoms with Crippen LogP contribution in [0.3, 0.4) is 0 Å². The summed E-state index contributed by atoms with van der Waals surface area (Å²) in [6.07, 6.45) is 5.10. The fourth-order valence-electron chi connectivity index (χ4n) is 1.17. The molecule has 1 atom stereocenters. The molecule has 1 aliphatic heterocycles. The number of carbonyl (C=O) groups excluding carboxylic acids is 1. The number of allylic oxidation sites excluding steroid dienone is 4. The monoisotopic (exact) mass is 149 g/mol. The van der Waals surface area contributed by atoms with Gasteiger partial charge in [0.25, 0.3) is 0 Å². The van der Waals surface area contributed by atoms with Crippen molar-refractivity contribution in [1.82, 2.24) is 0 Å². The van der Waals surface area contributed by atoms with E-state index in [0.717, 1.165) is 5.71 Å². The van der Waals surface area contributed by atoms with Crippen LogP contribution in [0, 0.1) is 5.92 Å². The van der Waals surface area contributed by atoms with E-state index in [9.17, 15) is 4.79 Å². The minimum atomic E-state index is -0.498. The summed E-state index contributed by atoms with van der Waals surface area (Å²) in [6.45, 7) is 1.98. The zero-order valence-electron chi connectivity index (χ0n) is 6.07. The van der Waals surface area contributed by atoms with Crippen LogP contribution >= 0.6 is 0 Å². The molecular weight excluding hydrogens is 142 g/mol. The van der Waals surface area contributed by atoms with Crippen molar-refractivity contribution in [1.29, 1.82) is 0 Å². The van der Waals surface area contributed by atoms with Crippen LogP contribution < -0.4 is 0 Å². The average molecular weight is 149 g/mol. The Morgan fingerprint density at radius 2 is 2.45 bits per heavy atom. The second-order valence-electron chi connectivity index (χ2n) is 2.57. The van der Waals surface area contributed by atoms with E-state index in [4.69, 9.17) is 4.74 Å². The van der Waals surface area contributed by atoms with Crippen molar-refractivity contribution in [3.63, 3.8) is 0 Å². The normalized spacial score (nSPS) is 27.4. The molecule has 1 aliphatic carbocycles. The molecular formula is C8H7NO2. The molecule has 3 nitrogen and oxygen atoms in total. The maximum Gasteiger partial charge on any atom is 0.439 e. The van der Waals surface area contributed by atoms with E-state index >= 15 is 0 Å². The van der Waals surface area contributed by atoms with E-state index in [2.05, 4.69) is 4.99 Å². The lowest BCUT2D eigenvalue weighted by Gasteiger charge is -2.08. The first-order chi connectivity index (χ1) is 5.27. The van der Waals surface area contributed by atoms with Gasteiger partial charge in [-0.2, -0.15) is 4.99 Å². The van der Waals surface area contributed by atoms with Gasteiger partial charge in [0.15, 0.2) is 5.76 Å². The van der Waals surface area contributed by atoms with Crippen molar-refractivity contribution in [2.45, 2.75) is 6.92 Å². The number of rotatable bonds is 0. The highest BCUT2D eigenvalue weighted by atomic mass is 16.6. The summed E-state index contributed by atoms with van der Waals surface area (Å²) < 4.78 is 4.80. The van der Waals surface area contributed by atoms with Crippen LogP contribution in [0.4, 0.5) is 4.79 Å². The molecule has 1 amide bonds. The third-order valence-electron chi connectivity index (χ3n) is 1.74. The molecule has 0 aromatic carbocycles. The predicted molar refractivity (Wildman–Crippen MR) is 40.3 cm³/mol. The van der Waals surface area contributed by atoms with Crippen LogP contribution in [0.15, 0.2) is 29.0 Å². The molecule has 1 unspecified atom stereocenters. The summed E-state index contributed by atoms with van der Waals surface area (Å²) in [6, 6.07) is 0. The molecule has 0 saturated carbocycles. The van der Waals surface area contributed by atoms with Gasteiger partial charge in [-0.05, 0) is 6.08 Å². The van der Waals surface area contributed by atoms with Crippen molar-refractivity contribution in [3.8, 4) is 0 Å². The summed E-state index contributed by atoms with van der Waals surface area (Å²) in [5.74, 6) is 0.798. The molecule has 0 N–H and O–H groups in total. The first-order valence-corrected chi connectivity index (χ1v) is 3.46. The number of fused-ring (bicyclic) bond motifs is 1. The van der Waals surface area contributed by atoms with Gasteiger partial charge >= 0.3 is 6.09 Å². The number of ether oxygens (including phenoxy) is 1. The molecule has 56 valence electrons. The van der Waals surface area contributed by atoms with Crippen LogP contribution in [-0.2, 0) is 4.74 Å². The fourth-order valence-corrected chi connectivity index (χ4v) is 1.17. The minimum Gasteiger partial charge on any atom is -0.407 e. The molecule has 0 saturated heterocycles. The smallest absolute Gasteiger partial charge is 0.407 e. The Hall–Kier alpha value is -1.38. The fraction of sp³-hybridized carbons (Fsp3) is 0.250. The molecule has 0 aromatic rings. The Kier molecular flexibility index (Phi) is 1.18. The maximum atomic E-state index is 10.7. The van der Waals surface area contributed by atoms with Crippen LogP contribution in [-0.4, -0.2) is 11.8 Å². The highest BCUT2D eigenvalue weighted by Crippen LogP contribution is 2.22. The number of amides is 1. The first kappa shape index (κ1) is 6.34. The van der Waals surface area contributed by atoms with Gasteiger partial charge in [-0.1, -0.05) is 19.1 Å². The largest absolute Gasteiger partial charge is 0.439 e. The van der Waals surface area contributed by atoms with Gasteiger partial charge in [0.2, 0.25) is 0 Å². The Bertz CT molecular complexity index is 299. The van der Waals surface area contributed by atoms with Gasteiger partial charge in [-0.15, -0.1) is 0 Å². The summed E-state index contributed by atoms with van der Waals surface area (Å²) >= 11 is 0. The molecule has 2 rings (SSSR count). The second kappa shape index (κ2) is 2.05. The van der Waals surface area contributed by atoms with Gasteiger partial charge in [-0.3, -0.25) is 0 Å². The van der Waals surface area contributed by atoms with Gasteiger partial charge in [0, 0.05) is 5.92 Å². The summed E-state index contributed by atoms with van der Waals surface area (Å²) in [4.78, 5) is 14.4. The Morgan fingerprint density at radius 1 is 1.64 bits per heavy atom. The average Bonchev–Trinajstić information content (AvgIpc) is 2.31. The van der Waals surface area contributed by atoms with Gasteiger partial charge in [0.1, 0.15) is 0 Å². The molecule has 0 spiro atoms. The number of hydrogen-bond acceptors (Lipinski definition) is 2. The Morgan fingerprint density at radius 3 is 3.18 bits per heavy atom. The van der Waals surface area contributed by atoms with Crippen molar-refractivity contribution in [2.75, 3.05) is 0 Å². The molecule has 1 heterocycles. The van der Waals surface area contributed by atoms with Crippen LogP contribution in [0.1, 0.15) is 6.92 Å². The van der Waals surface area contributed by atoms with Crippen molar-refractivity contribution in [3.05, 3.63) is 24.0 Å². The third-order valence-corrected chi connectivity index (χ3v) is 1.74. The van der Waals surface area contributed by atoms with Crippen molar-refractivity contribution in [2.24, 2.45) is 10.9 Å². The zero-order valence-corrected chi connectivity index (χ0v) is 6.07. The molecule has 11 heavy (non-hydrogen) atoms. The van der Waals surface area contributed by atoms with Crippen molar-refractivity contribution >= 4 is 11.8 Å². The number of carbonyl (C=O) groups is 1. The molecule has 0 aromatic heterocycles. The number of hydrogen-bond donors (Lipinski definition) is 0. The minimum absolute atomic E-state index is 0.196. The highest BCUT2D eigenvalue weighted by Gasteiger charge is 2.26. The summed E-state index contributed by atoms with van der Waals surface area (Å²) in [5.41, 5.74) is 0.748. The highest BCUT2D eigenvalue weighted by molar-refractivity contribution is 6.11. The first-order valence-electron chi connectivity index (χ1n) is 3.46. The zero-order chi connectivity index (χ0) is 7.84. The third kappa shape index (κ3) is 0.888. The van der Waals surface area contributed by atoms with Gasteiger partial charge < -0.3 is 4.74 Å². The quantitative estimate of drug-likeness (QED) is 0.525. The van der Waals surface area contributed by atoms with E-state index in [0.29, 0.717) is 5.76 Å². The molecule has 0 fully saturated rings. The van der Waals surface area contributed by atoms with Crippen LogP contribution in [0.2, 0.25) is 0 Å².